The van der Waals surface area contributed by atoms with Crippen molar-refractivity contribution in [3.05, 3.63) is 29.6 Å². The largest absolute Gasteiger partial charge is 0.207 e. The fourth-order valence-electron chi connectivity index (χ4n) is 0.964. The van der Waals surface area contributed by atoms with Crippen molar-refractivity contribution in [2.75, 3.05) is 0 Å². The molecule has 0 fully saturated rings. The van der Waals surface area contributed by atoms with Crippen molar-refractivity contribution in [2.45, 2.75) is 30.9 Å². The van der Waals surface area contributed by atoms with Crippen LogP contribution in [0.3, 0.4) is 0 Å². The van der Waals surface area contributed by atoms with Crippen LogP contribution < -0.4 is 0 Å². The van der Waals surface area contributed by atoms with Crippen LogP contribution in [0, 0.1) is 23.4 Å². The molecule has 0 saturated heterocycles. The third-order valence-corrected chi connectivity index (χ3v) is 3.75. The van der Waals surface area contributed by atoms with Crippen molar-refractivity contribution in [1.82, 2.24) is 0 Å². The van der Waals surface area contributed by atoms with Gasteiger partial charge >= 0.3 is 0 Å². The molecule has 0 aliphatic rings. The molecule has 1 aromatic rings. The predicted octanol–water partition coefficient (Wildman–Crippen LogP) is 4.24. The van der Waals surface area contributed by atoms with Gasteiger partial charge in [-0.25, -0.2) is 13.2 Å². The van der Waals surface area contributed by atoms with Gasteiger partial charge in [-0.15, -0.1) is 11.8 Å². The summed E-state index contributed by atoms with van der Waals surface area (Å²) < 4.78 is 39.1. The van der Waals surface area contributed by atoms with E-state index in [9.17, 15) is 13.2 Å². The van der Waals surface area contributed by atoms with Gasteiger partial charge < -0.3 is 0 Å². The molecule has 0 amide bonds. The van der Waals surface area contributed by atoms with E-state index in [2.05, 4.69) is 0 Å². The maximum atomic E-state index is 13.2. The third-order valence-electron chi connectivity index (χ3n) is 2.21. The lowest BCUT2D eigenvalue weighted by Crippen LogP contribution is -2.06. The lowest BCUT2D eigenvalue weighted by Gasteiger charge is -2.15. The first-order valence-corrected chi connectivity index (χ1v) is 5.61. The van der Waals surface area contributed by atoms with E-state index in [-0.39, 0.29) is 10.1 Å². The van der Waals surface area contributed by atoms with Gasteiger partial charge in [0.25, 0.3) is 0 Å². The second kappa shape index (κ2) is 4.92. The molecule has 0 spiro atoms. The van der Waals surface area contributed by atoms with Crippen LogP contribution in [0.1, 0.15) is 20.8 Å². The Morgan fingerprint density at radius 3 is 1.87 bits per heavy atom. The average Bonchev–Trinajstić information content (AvgIpc) is 2.10. The van der Waals surface area contributed by atoms with Crippen LogP contribution in [0.15, 0.2) is 17.0 Å². The van der Waals surface area contributed by atoms with Crippen LogP contribution in [-0.4, -0.2) is 5.25 Å². The highest BCUT2D eigenvalue weighted by molar-refractivity contribution is 8.00. The van der Waals surface area contributed by atoms with Gasteiger partial charge in [0.05, 0.1) is 4.90 Å². The van der Waals surface area contributed by atoms with E-state index < -0.39 is 17.5 Å². The van der Waals surface area contributed by atoms with Gasteiger partial charge in [0.1, 0.15) is 17.5 Å². The SMILES string of the molecule is CC(C)[C@H](C)Sc1c(F)cc(F)cc1F. The molecule has 15 heavy (non-hydrogen) atoms. The molecule has 1 atom stereocenters. The minimum Gasteiger partial charge on any atom is -0.207 e. The molecule has 0 aliphatic carbocycles. The fraction of sp³-hybridized carbons (Fsp3) is 0.455. The number of benzene rings is 1. The van der Waals surface area contributed by atoms with E-state index >= 15 is 0 Å². The molecule has 0 bridgehead atoms. The summed E-state index contributed by atoms with van der Waals surface area (Å²) in [4.78, 5) is -0.0994. The molecule has 0 aromatic heterocycles. The molecule has 1 rings (SSSR count). The number of hydrogen-bond acceptors (Lipinski definition) is 1. The molecule has 0 nitrogen and oxygen atoms in total. The van der Waals surface area contributed by atoms with Crippen LogP contribution in [0.5, 0.6) is 0 Å². The van der Waals surface area contributed by atoms with Gasteiger partial charge in [0, 0.05) is 17.4 Å². The van der Waals surface area contributed by atoms with E-state index in [4.69, 9.17) is 0 Å². The van der Waals surface area contributed by atoms with E-state index in [1.165, 1.54) is 0 Å². The molecular weight excluding hydrogens is 221 g/mol. The summed E-state index contributed by atoms with van der Waals surface area (Å²) in [6.45, 7) is 5.82. The van der Waals surface area contributed by atoms with Crippen molar-refractivity contribution in [3.8, 4) is 0 Å². The van der Waals surface area contributed by atoms with Gasteiger partial charge in [0.15, 0.2) is 0 Å². The van der Waals surface area contributed by atoms with Crippen LogP contribution in [0.4, 0.5) is 13.2 Å². The highest BCUT2D eigenvalue weighted by Gasteiger charge is 2.17. The minimum absolute atomic E-state index is 0.0828. The monoisotopic (exact) mass is 234 g/mol. The molecule has 0 radical (unpaired) electrons. The van der Waals surface area contributed by atoms with Crippen LogP contribution in [0.25, 0.3) is 0 Å². The normalized spacial score (nSPS) is 13.3. The zero-order valence-corrected chi connectivity index (χ0v) is 9.67. The summed E-state index contributed by atoms with van der Waals surface area (Å²) in [5, 5.41) is 0.0828. The summed E-state index contributed by atoms with van der Waals surface area (Å²) >= 11 is 1.10. The Labute approximate surface area is 91.9 Å². The number of halogens is 3. The fourth-order valence-corrected chi connectivity index (χ4v) is 1.95. The molecular formula is C11H13F3S. The van der Waals surface area contributed by atoms with Crippen LogP contribution >= 0.6 is 11.8 Å². The Morgan fingerprint density at radius 2 is 1.47 bits per heavy atom. The molecule has 0 saturated carbocycles. The van der Waals surface area contributed by atoms with Gasteiger partial charge in [-0.2, -0.15) is 0 Å². The van der Waals surface area contributed by atoms with Gasteiger partial charge in [0.2, 0.25) is 0 Å². The molecule has 0 heterocycles. The minimum atomic E-state index is -0.883. The first kappa shape index (κ1) is 12.4. The van der Waals surface area contributed by atoms with E-state index in [1.807, 2.05) is 20.8 Å². The molecule has 0 N–H and O–H groups in total. The summed E-state index contributed by atoms with van der Waals surface area (Å²) in [6.07, 6.45) is 0. The van der Waals surface area contributed by atoms with E-state index in [0.29, 0.717) is 18.1 Å². The molecule has 84 valence electrons. The smallest absolute Gasteiger partial charge is 0.142 e. The third kappa shape index (κ3) is 3.16. The van der Waals surface area contributed by atoms with Crippen molar-refractivity contribution in [1.29, 1.82) is 0 Å². The Hall–Kier alpha value is -0.640. The standard InChI is InChI=1S/C11H13F3S/c1-6(2)7(3)15-11-9(13)4-8(12)5-10(11)14/h4-7H,1-3H3/t7-/m0/s1. The quantitative estimate of drug-likeness (QED) is 0.705. The van der Waals surface area contributed by atoms with Crippen LogP contribution in [0.2, 0.25) is 0 Å². The summed E-state index contributed by atoms with van der Waals surface area (Å²) in [5.41, 5.74) is 0. The first-order chi connectivity index (χ1) is 6.91. The van der Waals surface area contributed by atoms with Crippen molar-refractivity contribution >= 4 is 11.8 Å². The van der Waals surface area contributed by atoms with Crippen molar-refractivity contribution in [2.24, 2.45) is 5.92 Å². The summed E-state index contributed by atoms with van der Waals surface area (Å²) in [7, 11) is 0. The van der Waals surface area contributed by atoms with Gasteiger partial charge in [-0.3, -0.25) is 0 Å². The Balaban J connectivity index is 2.95. The number of hydrogen-bond donors (Lipinski definition) is 0. The second-order valence-corrected chi connectivity index (χ2v) is 5.15. The highest BCUT2D eigenvalue weighted by Crippen LogP contribution is 2.32. The lowest BCUT2D eigenvalue weighted by molar-refractivity contribution is 0.509. The summed E-state index contributed by atoms with van der Waals surface area (Å²) in [5.74, 6) is -2.24. The molecule has 0 aliphatic heterocycles. The molecule has 1 aromatic carbocycles. The van der Waals surface area contributed by atoms with Crippen LogP contribution in [-0.2, 0) is 0 Å². The zero-order valence-electron chi connectivity index (χ0n) is 8.85. The topological polar surface area (TPSA) is 0 Å². The number of thioether (sulfide) groups is 1. The van der Waals surface area contributed by atoms with E-state index in [1.54, 1.807) is 0 Å². The molecule has 0 unspecified atom stereocenters. The van der Waals surface area contributed by atoms with E-state index in [0.717, 1.165) is 11.8 Å². The zero-order chi connectivity index (χ0) is 11.6. The maximum Gasteiger partial charge on any atom is 0.142 e. The Bertz CT molecular complexity index is 327. The van der Waals surface area contributed by atoms with Crippen molar-refractivity contribution < 1.29 is 13.2 Å². The number of rotatable bonds is 3. The molecule has 4 heteroatoms. The van der Waals surface area contributed by atoms with Gasteiger partial charge in [-0.05, 0) is 5.92 Å². The second-order valence-electron chi connectivity index (χ2n) is 3.77. The summed E-state index contributed by atoms with van der Waals surface area (Å²) in [6, 6.07) is 1.41. The average molecular weight is 234 g/mol. The Kier molecular flexibility index (Phi) is 4.08. The Morgan fingerprint density at radius 1 is 1.00 bits per heavy atom. The lowest BCUT2D eigenvalue weighted by atomic mass is 10.2. The first-order valence-electron chi connectivity index (χ1n) is 4.73. The van der Waals surface area contributed by atoms with Crippen molar-refractivity contribution in [3.63, 3.8) is 0 Å². The maximum absolute atomic E-state index is 13.2. The highest BCUT2D eigenvalue weighted by atomic mass is 32.2. The predicted molar refractivity (Wildman–Crippen MR) is 56.5 cm³/mol. The van der Waals surface area contributed by atoms with Gasteiger partial charge in [-0.1, -0.05) is 20.8 Å².